The van der Waals surface area contributed by atoms with Crippen LogP contribution >= 0.6 is 0 Å². The van der Waals surface area contributed by atoms with Gasteiger partial charge in [-0.2, -0.15) is 0 Å². The minimum Gasteiger partial charge on any atom is -0.464 e. The molecule has 2 unspecified atom stereocenters. The van der Waals surface area contributed by atoms with Crippen LogP contribution in [0.1, 0.15) is 45.4 Å². The van der Waals surface area contributed by atoms with Gasteiger partial charge >= 0.3 is 5.97 Å². The Kier molecular flexibility index (Phi) is 4.22. The highest BCUT2D eigenvalue weighted by Crippen LogP contribution is 2.25. The molecule has 0 spiro atoms. The largest absolute Gasteiger partial charge is 0.464 e. The molecule has 1 heterocycles. The number of carbonyl (C=O) groups excluding carboxylic acids is 1. The molecule has 1 saturated heterocycles. The van der Waals surface area contributed by atoms with Crippen LogP contribution in [0.15, 0.2) is 0 Å². The fraction of sp³-hybridized carbons (Fsp3) is 0.923. The van der Waals surface area contributed by atoms with Crippen LogP contribution in [0.4, 0.5) is 0 Å². The van der Waals surface area contributed by atoms with Gasteiger partial charge in [0.25, 0.3) is 0 Å². The third kappa shape index (κ3) is 2.97. The predicted octanol–water partition coefficient (Wildman–Crippen LogP) is 2.11. The van der Waals surface area contributed by atoms with Crippen molar-refractivity contribution in [2.45, 2.75) is 51.5 Å². The monoisotopic (exact) mass is 225 g/mol. The molecule has 16 heavy (non-hydrogen) atoms. The van der Waals surface area contributed by atoms with Crippen LogP contribution in [0, 0.1) is 11.8 Å². The van der Waals surface area contributed by atoms with Gasteiger partial charge in [0.05, 0.1) is 6.61 Å². The quantitative estimate of drug-likeness (QED) is 0.748. The zero-order valence-corrected chi connectivity index (χ0v) is 10.2. The highest BCUT2D eigenvalue weighted by atomic mass is 16.5. The van der Waals surface area contributed by atoms with E-state index in [1.807, 2.05) is 0 Å². The van der Waals surface area contributed by atoms with Crippen molar-refractivity contribution in [2.24, 2.45) is 11.8 Å². The van der Waals surface area contributed by atoms with Crippen molar-refractivity contribution in [1.29, 1.82) is 0 Å². The van der Waals surface area contributed by atoms with Gasteiger partial charge in [-0.15, -0.1) is 0 Å². The number of rotatable bonds is 3. The molecule has 1 N–H and O–H groups in total. The highest BCUT2D eigenvalue weighted by molar-refractivity contribution is 5.76. The second-order valence-corrected chi connectivity index (χ2v) is 5.33. The summed E-state index contributed by atoms with van der Waals surface area (Å²) < 4.78 is 5.43. The molecule has 3 nitrogen and oxygen atoms in total. The molecule has 0 amide bonds. The molecular formula is C13H23NO2. The molecule has 0 aromatic rings. The topological polar surface area (TPSA) is 38.3 Å². The van der Waals surface area contributed by atoms with Gasteiger partial charge in [0.2, 0.25) is 0 Å². The standard InChI is InChI=1S/C13H23NO2/c1-10-5-4-8-14-12(10)13(15)16-9-11-6-2-3-7-11/h10-12,14H,2-9H2,1H3. The van der Waals surface area contributed by atoms with Crippen LogP contribution in [0.5, 0.6) is 0 Å². The van der Waals surface area contributed by atoms with Crippen LogP contribution in [-0.2, 0) is 9.53 Å². The van der Waals surface area contributed by atoms with E-state index in [4.69, 9.17) is 4.74 Å². The van der Waals surface area contributed by atoms with Crippen molar-refractivity contribution in [1.82, 2.24) is 5.32 Å². The van der Waals surface area contributed by atoms with Crippen molar-refractivity contribution in [2.75, 3.05) is 13.2 Å². The zero-order valence-electron chi connectivity index (χ0n) is 10.2. The molecule has 0 aromatic heterocycles. The lowest BCUT2D eigenvalue weighted by atomic mass is 9.93. The second-order valence-electron chi connectivity index (χ2n) is 5.33. The fourth-order valence-electron chi connectivity index (χ4n) is 2.83. The first kappa shape index (κ1) is 11.9. The molecule has 1 aliphatic heterocycles. The molecule has 1 saturated carbocycles. The van der Waals surface area contributed by atoms with Crippen molar-refractivity contribution in [3.63, 3.8) is 0 Å². The number of nitrogens with one attached hydrogen (secondary N) is 1. The van der Waals surface area contributed by atoms with E-state index < -0.39 is 0 Å². The summed E-state index contributed by atoms with van der Waals surface area (Å²) in [5, 5.41) is 3.27. The van der Waals surface area contributed by atoms with Crippen molar-refractivity contribution >= 4 is 5.97 Å². The molecule has 2 fully saturated rings. The minimum atomic E-state index is -0.0600. The number of hydrogen-bond acceptors (Lipinski definition) is 3. The Balaban J connectivity index is 1.73. The third-order valence-corrected chi connectivity index (χ3v) is 3.96. The number of carbonyl (C=O) groups is 1. The maximum atomic E-state index is 11.9. The molecule has 2 rings (SSSR count). The van der Waals surface area contributed by atoms with E-state index >= 15 is 0 Å². The Hall–Kier alpha value is -0.570. The van der Waals surface area contributed by atoms with Gasteiger partial charge in [0.15, 0.2) is 0 Å². The third-order valence-electron chi connectivity index (χ3n) is 3.96. The average Bonchev–Trinajstić information content (AvgIpc) is 2.79. The van der Waals surface area contributed by atoms with Crippen LogP contribution in [0.3, 0.4) is 0 Å². The number of hydrogen-bond donors (Lipinski definition) is 1. The van der Waals surface area contributed by atoms with E-state index in [0.29, 0.717) is 18.4 Å². The average molecular weight is 225 g/mol. The van der Waals surface area contributed by atoms with Crippen molar-refractivity contribution < 1.29 is 9.53 Å². The van der Waals surface area contributed by atoms with Gasteiger partial charge in [0.1, 0.15) is 6.04 Å². The lowest BCUT2D eigenvalue weighted by molar-refractivity contribution is -0.149. The lowest BCUT2D eigenvalue weighted by Crippen LogP contribution is -2.46. The summed E-state index contributed by atoms with van der Waals surface area (Å²) in [5.74, 6) is 1.02. The van der Waals surface area contributed by atoms with Gasteiger partial charge in [-0.3, -0.25) is 4.79 Å². The van der Waals surface area contributed by atoms with Crippen LogP contribution in [0.2, 0.25) is 0 Å². The van der Waals surface area contributed by atoms with Crippen LogP contribution < -0.4 is 5.32 Å². The summed E-state index contributed by atoms with van der Waals surface area (Å²) in [6.07, 6.45) is 7.40. The maximum Gasteiger partial charge on any atom is 0.323 e. The summed E-state index contributed by atoms with van der Waals surface area (Å²) >= 11 is 0. The Labute approximate surface area is 97.9 Å². The first-order valence-electron chi connectivity index (χ1n) is 6.67. The summed E-state index contributed by atoms with van der Waals surface area (Å²) in [7, 11) is 0. The number of esters is 1. The molecular weight excluding hydrogens is 202 g/mol. The highest BCUT2D eigenvalue weighted by Gasteiger charge is 2.29. The SMILES string of the molecule is CC1CCCNC1C(=O)OCC1CCCC1. The summed E-state index contributed by atoms with van der Waals surface area (Å²) in [6.45, 7) is 3.73. The van der Waals surface area contributed by atoms with Crippen molar-refractivity contribution in [3.05, 3.63) is 0 Å². The molecule has 2 atom stereocenters. The molecule has 0 aromatic carbocycles. The Morgan fingerprint density at radius 3 is 2.69 bits per heavy atom. The normalized spacial score (nSPS) is 31.6. The lowest BCUT2D eigenvalue weighted by Gasteiger charge is -2.28. The van der Waals surface area contributed by atoms with Gasteiger partial charge in [-0.05, 0) is 44.1 Å². The summed E-state index contributed by atoms with van der Waals surface area (Å²) in [5.41, 5.74) is 0. The predicted molar refractivity (Wildman–Crippen MR) is 63.1 cm³/mol. The zero-order chi connectivity index (χ0) is 11.4. The first-order valence-corrected chi connectivity index (χ1v) is 6.67. The van der Waals surface area contributed by atoms with Gasteiger partial charge < -0.3 is 10.1 Å². The molecule has 1 aliphatic carbocycles. The van der Waals surface area contributed by atoms with E-state index in [-0.39, 0.29) is 12.0 Å². The van der Waals surface area contributed by atoms with E-state index in [1.165, 1.54) is 32.1 Å². The Bertz CT molecular complexity index is 236. The Morgan fingerprint density at radius 2 is 2.00 bits per heavy atom. The van der Waals surface area contributed by atoms with Gasteiger partial charge in [-0.25, -0.2) is 0 Å². The molecule has 92 valence electrons. The smallest absolute Gasteiger partial charge is 0.323 e. The number of ether oxygens (including phenoxy) is 1. The molecule has 0 radical (unpaired) electrons. The number of piperidine rings is 1. The van der Waals surface area contributed by atoms with Crippen molar-refractivity contribution in [3.8, 4) is 0 Å². The second kappa shape index (κ2) is 5.67. The van der Waals surface area contributed by atoms with E-state index in [0.717, 1.165) is 13.0 Å². The Morgan fingerprint density at radius 1 is 1.25 bits per heavy atom. The molecule has 3 heteroatoms. The summed E-state index contributed by atoms with van der Waals surface area (Å²) in [6, 6.07) is -0.0600. The van der Waals surface area contributed by atoms with E-state index in [2.05, 4.69) is 12.2 Å². The van der Waals surface area contributed by atoms with Gasteiger partial charge in [-0.1, -0.05) is 19.8 Å². The molecule has 2 aliphatic rings. The maximum absolute atomic E-state index is 11.9. The fourth-order valence-corrected chi connectivity index (χ4v) is 2.83. The van der Waals surface area contributed by atoms with E-state index in [1.54, 1.807) is 0 Å². The first-order chi connectivity index (χ1) is 7.77. The van der Waals surface area contributed by atoms with Crippen LogP contribution in [-0.4, -0.2) is 25.2 Å². The minimum absolute atomic E-state index is 0.0286. The van der Waals surface area contributed by atoms with Crippen LogP contribution in [0.25, 0.3) is 0 Å². The van der Waals surface area contributed by atoms with Gasteiger partial charge in [0, 0.05) is 0 Å². The summed E-state index contributed by atoms with van der Waals surface area (Å²) in [4.78, 5) is 11.9. The molecule has 0 bridgehead atoms. The van der Waals surface area contributed by atoms with E-state index in [9.17, 15) is 4.79 Å².